The molecule has 25 heavy (non-hydrogen) atoms. The predicted octanol–water partition coefficient (Wildman–Crippen LogP) is 4.49. The van der Waals surface area contributed by atoms with Gasteiger partial charge in [0.1, 0.15) is 11.5 Å². The summed E-state index contributed by atoms with van der Waals surface area (Å²) in [6.07, 6.45) is -1.11. The number of aryl methyl sites for hydroxylation is 1. The van der Waals surface area contributed by atoms with Crippen LogP contribution in [0.15, 0.2) is 47.1 Å². The van der Waals surface area contributed by atoms with Crippen molar-refractivity contribution >= 4 is 0 Å². The lowest BCUT2D eigenvalue weighted by molar-refractivity contribution is -0.274. The molecule has 4 rings (SSSR count). The van der Waals surface area contributed by atoms with Gasteiger partial charge in [-0.1, -0.05) is 12.1 Å². The van der Waals surface area contributed by atoms with E-state index in [1.807, 2.05) is 18.2 Å². The molecule has 1 aliphatic carbocycles. The number of fused-ring (bicyclic) bond motifs is 1. The maximum atomic E-state index is 12.3. The summed E-state index contributed by atoms with van der Waals surface area (Å²) in [5.41, 5.74) is 0.902. The molecule has 2 aliphatic rings. The number of benzene rings is 1. The first kappa shape index (κ1) is 16.5. The molecule has 1 aromatic carbocycles. The molecule has 2 aromatic rings. The van der Waals surface area contributed by atoms with Gasteiger partial charge in [0.2, 0.25) is 0 Å². The van der Waals surface area contributed by atoms with E-state index in [2.05, 4.69) is 9.64 Å². The minimum Gasteiger partial charge on any atom is -0.468 e. The number of likely N-dealkylation sites (tertiary alicyclic amines) is 1. The van der Waals surface area contributed by atoms with Gasteiger partial charge in [0.05, 0.1) is 12.8 Å². The zero-order valence-corrected chi connectivity index (χ0v) is 13.7. The van der Waals surface area contributed by atoms with Crippen molar-refractivity contribution in [1.29, 1.82) is 0 Å². The van der Waals surface area contributed by atoms with Crippen LogP contribution in [0.25, 0.3) is 0 Å². The highest BCUT2D eigenvalue weighted by atomic mass is 19.4. The van der Waals surface area contributed by atoms with Gasteiger partial charge in [0, 0.05) is 13.1 Å². The van der Waals surface area contributed by atoms with Crippen molar-refractivity contribution in [2.75, 3.05) is 13.1 Å². The first-order valence-corrected chi connectivity index (χ1v) is 8.57. The second-order valence-electron chi connectivity index (χ2n) is 7.00. The minimum absolute atomic E-state index is 0.134. The van der Waals surface area contributed by atoms with E-state index < -0.39 is 6.36 Å². The molecule has 2 atom stereocenters. The van der Waals surface area contributed by atoms with Gasteiger partial charge in [0.15, 0.2) is 0 Å². The molecule has 1 aromatic heterocycles. The molecule has 2 unspecified atom stereocenters. The van der Waals surface area contributed by atoms with E-state index in [9.17, 15) is 13.2 Å². The summed E-state index contributed by atoms with van der Waals surface area (Å²) >= 11 is 0. The zero-order valence-electron chi connectivity index (χ0n) is 13.7. The molecule has 0 N–H and O–H groups in total. The summed E-state index contributed by atoms with van der Waals surface area (Å²) in [6, 6.07) is 10.2. The molecular formula is C19H20F3NO2. The van der Waals surface area contributed by atoms with E-state index in [4.69, 9.17) is 4.42 Å². The molecule has 3 nitrogen and oxygen atoms in total. The number of piperidine rings is 1. The van der Waals surface area contributed by atoms with Gasteiger partial charge in [0.25, 0.3) is 0 Å². The lowest BCUT2D eigenvalue weighted by Crippen LogP contribution is -2.23. The van der Waals surface area contributed by atoms with Crippen molar-refractivity contribution in [1.82, 2.24) is 4.90 Å². The van der Waals surface area contributed by atoms with Crippen LogP contribution < -0.4 is 4.74 Å². The fourth-order valence-electron chi connectivity index (χ4n) is 4.15. The van der Waals surface area contributed by atoms with Crippen molar-refractivity contribution in [3.8, 4) is 5.75 Å². The highest BCUT2D eigenvalue weighted by Gasteiger charge is 2.54. The number of halogens is 3. The standard InChI is InChI=1S/C19H20F3NO2/c20-19(21,22)25-14-4-1-3-13(9-14)6-7-16-17-11-23(12-18(16)17)10-15-5-2-8-24-15/h1-5,8-9,16-18H,6-7,10-12H2. The summed E-state index contributed by atoms with van der Waals surface area (Å²) in [5.74, 6) is 3.01. The van der Waals surface area contributed by atoms with E-state index in [1.54, 1.807) is 12.3 Å². The van der Waals surface area contributed by atoms with Gasteiger partial charge in [-0.3, -0.25) is 4.90 Å². The van der Waals surface area contributed by atoms with Crippen LogP contribution in [0.5, 0.6) is 5.75 Å². The van der Waals surface area contributed by atoms with E-state index in [0.29, 0.717) is 5.92 Å². The van der Waals surface area contributed by atoms with Crippen LogP contribution in [0.3, 0.4) is 0 Å². The predicted molar refractivity (Wildman–Crippen MR) is 85.9 cm³/mol. The average molecular weight is 351 g/mol. The largest absolute Gasteiger partial charge is 0.573 e. The Labute approximate surface area is 144 Å². The van der Waals surface area contributed by atoms with Crippen molar-refractivity contribution in [2.45, 2.75) is 25.7 Å². The molecule has 134 valence electrons. The minimum atomic E-state index is -4.64. The van der Waals surface area contributed by atoms with E-state index >= 15 is 0 Å². The summed E-state index contributed by atoms with van der Waals surface area (Å²) in [5, 5.41) is 0. The fourth-order valence-corrected chi connectivity index (χ4v) is 4.15. The molecule has 0 spiro atoms. The molecular weight excluding hydrogens is 331 g/mol. The zero-order chi connectivity index (χ0) is 17.4. The molecule has 6 heteroatoms. The SMILES string of the molecule is FC(F)(F)Oc1cccc(CCC2C3CN(Cc4ccco4)CC23)c1. The molecule has 1 aliphatic heterocycles. The molecule has 0 radical (unpaired) electrons. The quantitative estimate of drug-likeness (QED) is 0.767. The Morgan fingerprint density at radius 1 is 1.12 bits per heavy atom. The van der Waals surface area contributed by atoms with Crippen LogP contribution in [0.1, 0.15) is 17.7 Å². The van der Waals surface area contributed by atoms with Crippen molar-refractivity contribution in [3.05, 3.63) is 54.0 Å². The van der Waals surface area contributed by atoms with Crippen molar-refractivity contribution in [3.63, 3.8) is 0 Å². The third kappa shape index (κ3) is 4.00. The van der Waals surface area contributed by atoms with E-state index in [1.165, 1.54) is 12.1 Å². The second kappa shape index (κ2) is 6.41. The summed E-state index contributed by atoms with van der Waals surface area (Å²) in [7, 11) is 0. The van der Waals surface area contributed by atoms with Gasteiger partial charge in [-0.05, 0) is 60.4 Å². The third-order valence-electron chi connectivity index (χ3n) is 5.30. The number of hydrogen-bond acceptors (Lipinski definition) is 3. The smallest absolute Gasteiger partial charge is 0.468 e. The number of nitrogens with zero attached hydrogens (tertiary/aromatic N) is 1. The van der Waals surface area contributed by atoms with E-state index in [0.717, 1.165) is 55.6 Å². The van der Waals surface area contributed by atoms with Crippen molar-refractivity contribution in [2.24, 2.45) is 17.8 Å². The highest BCUT2D eigenvalue weighted by Crippen LogP contribution is 2.54. The Morgan fingerprint density at radius 3 is 2.60 bits per heavy atom. The Morgan fingerprint density at radius 2 is 1.92 bits per heavy atom. The Kier molecular flexibility index (Phi) is 4.23. The van der Waals surface area contributed by atoms with E-state index in [-0.39, 0.29) is 5.75 Å². The number of rotatable bonds is 6. The first-order valence-electron chi connectivity index (χ1n) is 8.57. The van der Waals surface area contributed by atoms with Crippen LogP contribution in [-0.2, 0) is 13.0 Å². The Bertz CT molecular complexity index is 702. The second-order valence-corrected chi connectivity index (χ2v) is 7.00. The fraction of sp³-hybridized carbons (Fsp3) is 0.474. The van der Waals surface area contributed by atoms with Gasteiger partial charge < -0.3 is 9.15 Å². The van der Waals surface area contributed by atoms with Gasteiger partial charge in [-0.15, -0.1) is 13.2 Å². The molecule has 0 bridgehead atoms. The lowest BCUT2D eigenvalue weighted by Gasteiger charge is -2.18. The molecule has 0 amide bonds. The lowest BCUT2D eigenvalue weighted by atomic mass is 10.0. The number of alkyl halides is 3. The monoisotopic (exact) mass is 351 g/mol. The first-order chi connectivity index (χ1) is 12.0. The normalized spacial score (nSPS) is 25.8. The molecule has 2 fully saturated rings. The van der Waals surface area contributed by atoms with Crippen LogP contribution in [0.4, 0.5) is 13.2 Å². The molecule has 1 saturated heterocycles. The topological polar surface area (TPSA) is 25.6 Å². The number of hydrogen-bond donors (Lipinski definition) is 0. The van der Waals surface area contributed by atoms with Crippen molar-refractivity contribution < 1.29 is 22.3 Å². The summed E-state index contributed by atoms with van der Waals surface area (Å²) in [6.45, 7) is 3.05. The van der Waals surface area contributed by atoms with Gasteiger partial charge in [-0.2, -0.15) is 0 Å². The summed E-state index contributed by atoms with van der Waals surface area (Å²) in [4.78, 5) is 2.42. The average Bonchev–Trinajstić information content (AvgIpc) is 2.94. The number of ether oxygens (including phenoxy) is 1. The summed E-state index contributed by atoms with van der Waals surface area (Å²) < 4.78 is 46.3. The third-order valence-corrected chi connectivity index (χ3v) is 5.30. The van der Waals surface area contributed by atoms with Crippen LogP contribution in [-0.4, -0.2) is 24.4 Å². The van der Waals surface area contributed by atoms with Crippen LogP contribution in [0.2, 0.25) is 0 Å². The molecule has 1 saturated carbocycles. The Balaban J connectivity index is 1.24. The van der Waals surface area contributed by atoms with Crippen LogP contribution in [0, 0.1) is 17.8 Å². The molecule has 2 heterocycles. The van der Waals surface area contributed by atoms with Gasteiger partial charge in [-0.25, -0.2) is 0 Å². The van der Waals surface area contributed by atoms with Crippen LogP contribution >= 0.6 is 0 Å². The maximum absolute atomic E-state index is 12.3. The van der Waals surface area contributed by atoms with Gasteiger partial charge >= 0.3 is 6.36 Å². The number of furan rings is 1. The highest BCUT2D eigenvalue weighted by molar-refractivity contribution is 5.29. The maximum Gasteiger partial charge on any atom is 0.573 e. The Hall–Kier alpha value is -1.95.